The number of hydrogen-bond donors (Lipinski definition) is 0. The van der Waals surface area contributed by atoms with Gasteiger partial charge in [0.1, 0.15) is 5.82 Å². The predicted molar refractivity (Wildman–Crippen MR) is 70.4 cm³/mol. The molecule has 17 heavy (non-hydrogen) atoms. The fourth-order valence-corrected chi connectivity index (χ4v) is 2.07. The van der Waals surface area contributed by atoms with Crippen LogP contribution in [-0.4, -0.2) is 0 Å². The number of rotatable bonds is 4. The van der Waals surface area contributed by atoms with E-state index in [0.29, 0.717) is 0 Å². The van der Waals surface area contributed by atoms with Gasteiger partial charge < -0.3 is 0 Å². The molecular weight excluding hydrogens is 211 g/mol. The first-order chi connectivity index (χ1) is 8.33. The lowest BCUT2D eigenvalue weighted by Gasteiger charge is -2.10. The Balaban J connectivity index is 2.44. The summed E-state index contributed by atoms with van der Waals surface area (Å²) in [5, 5.41) is 0. The molecule has 0 N–H and O–H groups in total. The fourth-order valence-electron chi connectivity index (χ4n) is 2.07. The molecule has 2 aromatic carbocycles. The van der Waals surface area contributed by atoms with E-state index in [0.717, 1.165) is 36.0 Å². The van der Waals surface area contributed by atoms with Crippen LogP contribution in [-0.2, 0) is 6.42 Å². The minimum atomic E-state index is -0.121. The van der Waals surface area contributed by atoms with Crippen molar-refractivity contribution in [2.75, 3.05) is 0 Å². The number of hydrogen-bond acceptors (Lipinski definition) is 0. The molecule has 0 radical (unpaired) electrons. The van der Waals surface area contributed by atoms with Gasteiger partial charge in [-0.05, 0) is 30.0 Å². The molecule has 0 spiro atoms. The lowest BCUT2D eigenvalue weighted by atomic mass is 9.96. The molecule has 1 heteroatoms. The molecule has 0 aliphatic rings. The summed E-state index contributed by atoms with van der Waals surface area (Å²) in [6.07, 6.45) is 3.17. The monoisotopic (exact) mass is 228 g/mol. The number of halogens is 1. The smallest absolute Gasteiger partial charge is 0.131 e. The molecule has 0 saturated heterocycles. The molecule has 0 aliphatic carbocycles. The van der Waals surface area contributed by atoms with Gasteiger partial charge in [-0.25, -0.2) is 4.39 Å². The molecule has 0 heterocycles. The van der Waals surface area contributed by atoms with Crippen LogP contribution in [0.4, 0.5) is 4.39 Å². The third-order valence-corrected chi connectivity index (χ3v) is 2.96. The van der Waals surface area contributed by atoms with E-state index < -0.39 is 0 Å². The van der Waals surface area contributed by atoms with E-state index in [9.17, 15) is 4.39 Å². The van der Waals surface area contributed by atoms with Crippen molar-refractivity contribution in [3.05, 3.63) is 59.9 Å². The molecule has 0 fully saturated rings. The van der Waals surface area contributed by atoms with Gasteiger partial charge in [0.2, 0.25) is 0 Å². The highest BCUT2D eigenvalue weighted by atomic mass is 19.1. The Kier molecular flexibility index (Phi) is 3.92. The average molecular weight is 228 g/mol. The van der Waals surface area contributed by atoms with E-state index in [1.54, 1.807) is 6.07 Å². The topological polar surface area (TPSA) is 0 Å². The molecule has 88 valence electrons. The summed E-state index contributed by atoms with van der Waals surface area (Å²) >= 11 is 0. The van der Waals surface area contributed by atoms with Crippen molar-refractivity contribution in [3.8, 4) is 11.1 Å². The SMILES string of the molecule is CCCCc1cccc(F)c1-c1ccccc1. The van der Waals surface area contributed by atoms with E-state index in [-0.39, 0.29) is 5.82 Å². The number of unbranched alkanes of at least 4 members (excludes halogenated alkanes) is 1. The van der Waals surface area contributed by atoms with Crippen LogP contribution in [0.5, 0.6) is 0 Å². The van der Waals surface area contributed by atoms with Gasteiger partial charge in [0, 0.05) is 5.56 Å². The molecule has 0 aromatic heterocycles. The van der Waals surface area contributed by atoms with Crippen LogP contribution >= 0.6 is 0 Å². The van der Waals surface area contributed by atoms with Crippen molar-refractivity contribution in [1.29, 1.82) is 0 Å². The van der Waals surface area contributed by atoms with E-state index in [1.165, 1.54) is 6.07 Å². The van der Waals surface area contributed by atoms with Crippen molar-refractivity contribution in [3.63, 3.8) is 0 Å². The Morgan fingerprint density at radius 2 is 1.71 bits per heavy atom. The van der Waals surface area contributed by atoms with E-state index >= 15 is 0 Å². The largest absolute Gasteiger partial charge is 0.206 e. The normalized spacial score (nSPS) is 10.5. The molecule has 2 aromatic rings. The van der Waals surface area contributed by atoms with Crippen molar-refractivity contribution < 1.29 is 4.39 Å². The zero-order valence-electron chi connectivity index (χ0n) is 10.1. The quantitative estimate of drug-likeness (QED) is 0.702. The molecule has 0 unspecified atom stereocenters. The third kappa shape index (κ3) is 2.73. The molecular formula is C16H17F. The van der Waals surface area contributed by atoms with E-state index in [1.807, 2.05) is 36.4 Å². The summed E-state index contributed by atoms with van der Waals surface area (Å²) in [7, 11) is 0. The molecule has 0 atom stereocenters. The van der Waals surface area contributed by atoms with Crippen LogP contribution in [0, 0.1) is 5.82 Å². The van der Waals surface area contributed by atoms with Crippen molar-refractivity contribution in [2.45, 2.75) is 26.2 Å². The molecule has 0 bridgehead atoms. The highest BCUT2D eigenvalue weighted by Gasteiger charge is 2.09. The second-order valence-corrected chi connectivity index (χ2v) is 4.24. The minimum absolute atomic E-state index is 0.121. The maximum Gasteiger partial charge on any atom is 0.131 e. The molecule has 0 nitrogen and oxygen atoms in total. The minimum Gasteiger partial charge on any atom is -0.206 e. The molecule has 0 aliphatic heterocycles. The van der Waals surface area contributed by atoms with Gasteiger partial charge in [-0.2, -0.15) is 0 Å². The standard InChI is InChI=1S/C16H17F/c1-2-3-8-13-11-7-12-15(17)16(13)14-9-5-4-6-10-14/h4-7,9-12H,2-3,8H2,1H3. The first kappa shape index (κ1) is 11.8. The molecule has 0 amide bonds. The Morgan fingerprint density at radius 1 is 0.941 bits per heavy atom. The van der Waals surface area contributed by atoms with E-state index in [2.05, 4.69) is 6.92 Å². The number of benzene rings is 2. The summed E-state index contributed by atoms with van der Waals surface area (Å²) in [5.74, 6) is -0.121. The maximum atomic E-state index is 14.0. The summed E-state index contributed by atoms with van der Waals surface area (Å²) in [5.41, 5.74) is 2.84. The van der Waals surface area contributed by atoms with Gasteiger partial charge >= 0.3 is 0 Å². The number of aryl methyl sites for hydroxylation is 1. The van der Waals surface area contributed by atoms with Crippen LogP contribution in [0.3, 0.4) is 0 Å². The summed E-state index contributed by atoms with van der Waals surface area (Å²) in [6, 6.07) is 15.2. The highest BCUT2D eigenvalue weighted by molar-refractivity contribution is 5.68. The van der Waals surface area contributed by atoms with Crippen molar-refractivity contribution >= 4 is 0 Å². The van der Waals surface area contributed by atoms with Crippen LogP contribution < -0.4 is 0 Å². The van der Waals surface area contributed by atoms with Crippen LogP contribution in [0.1, 0.15) is 25.3 Å². The fraction of sp³-hybridized carbons (Fsp3) is 0.250. The Hall–Kier alpha value is -1.63. The third-order valence-electron chi connectivity index (χ3n) is 2.96. The van der Waals surface area contributed by atoms with Gasteiger partial charge in [0.05, 0.1) is 0 Å². The van der Waals surface area contributed by atoms with Gasteiger partial charge in [0.25, 0.3) is 0 Å². The predicted octanol–water partition coefficient (Wildman–Crippen LogP) is 4.84. The van der Waals surface area contributed by atoms with Crippen molar-refractivity contribution in [2.24, 2.45) is 0 Å². The summed E-state index contributed by atoms with van der Waals surface area (Å²) < 4.78 is 14.0. The lowest BCUT2D eigenvalue weighted by molar-refractivity contribution is 0.628. The average Bonchev–Trinajstić information content (AvgIpc) is 2.37. The van der Waals surface area contributed by atoms with E-state index in [4.69, 9.17) is 0 Å². The first-order valence-corrected chi connectivity index (χ1v) is 6.15. The molecule has 0 saturated carbocycles. The Labute approximate surface area is 102 Å². The summed E-state index contributed by atoms with van der Waals surface area (Å²) in [6.45, 7) is 2.15. The highest BCUT2D eigenvalue weighted by Crippen LogP contribution is 2.27. The molecule has 2 rings (SSSR count). The van der Waals surface area contributed by atoms with Crippen LogP contribution in [0.2, 0.25) is 0 Å². The van der Waals surface area contributed by atoms with Crippen LogP contribution in [0.25, 0.3) is 11.1 Å². The first-order valence-electron chi connectivity index (χ1n) is 6.15. The van der Waals surface area contributed by atoms with Gasteiger partial charge in [0.15, 0.2) is 0 Å². The maximum absolute atomic E-state index is 14.0. The second-order valence-electron chi connectivity index (χ2n) is 4.24. The summed E-state index contributed by atoms with van der Waals surface area (Å²) in [4.78, 5) is 0. The van der Waals surface area contributed by atoms with Gasteiger partial charge in [-0.3, -0.25) is 0 Å². The zero-order valence-corrected chi connectivity index (χ0v) is 10.1. The lowest BCUT2D eigenvalue weighted by Crippen LogP contribution is -1.93. The van der Waals surface area contributed by atoms with Gasteiger partial charge in [-0.15, -0.1) is 0 Å². The Bertz CT molecular complexity index is 474. The van der Waals surface area contributed by atoms with Crippen LogP contribution in [0.15, 0.2) is 48.5 Å². The Morgan fingerprint density at radius 3 is 2.41 bits per heavy atom. The van der Waals surface area contributed by atoms with Gasteiger partial charge in [-0.1, -0.05) is 55.8 Å². The van der Waals surface area contributed by atoms with Crippen molar-refractivity contribution in [1.82, 2.24) is 0 Å². The second kappa shape index (κ2) is 5.62. The zero-order chi connectivity index (χ0) is 12.1.